The number of aryl methyl sites for hydroxylation is 1. The van der Waals surface area contributed by atoms with Crippen molar-refractivity contribution in [1.82, 2.24) is 4.90 Å². The summed E-state index contributed by atoms with van der Waals surface area (Å²) in [5, 5.41) is 16.8. The molecule has 220 valence electrons. The van der Waals surface area contributed by atoms with Crippen molar-refractivity contribution in [3.63, 3.8) is 0 Å². The third-order valence-electron chi connectivity index (χ3n) is 9.48. The number of rotatable bonds is 5. The van der Waals surface area contributed by atoms with E-state index in [4.69, 9.17) is 18.9 Å². The third kappa shape index (κ3) is 5.03. The van der Waals surface area contributed by atoms with E-state index in [1.165, 1.54) is 70.2 Å². The van der Waals surface area contributed by atoms with Gasteiger partial charge in [0, 0.05) is 13.1 Å². The Morgan fingerprint density at radius 1 is 0.442 bits per heavy atom. The molecule has 1 fully saturated rings. The Hall–Kier alpha value is -3.32. The number of benzene rings is 7. The fraction of sp³-hybridized carbons (Fsp3) is 0.368. The predicted octanol–water partition coefficient (Wildman–Crippen LogP) is 7.62. The van der Waals surface area contributed by atoms with E-state index in [9.17, 15) is 0 Å². The molecular formula is C38H39NO4. The van der Waals surface area contributed by atoms with E-state index < -0.39 is 0 Å². The fourth-order valence-electron chi connectivity index (χ4n) is 7.41. The van der Waals surface area contributed by atoms with Gasteiger partial charge in [-0.2, -0.15) is 0 Å². The molecular weight excluding hydrogens is 534 g/mol. The average molecular weight is 574 g/mol. The van der Waals surface area contributed by atoms with Crippen LogP contribution in [0.25, 0.3) is 64.6 Å². The molecule has 1 aliphatic rings. The van der Waals surface area contributed by atoms with Gasteiger partial charge in [-0.1, -0.05) is 66.7 Å². The van der Waals surface area contributed by atoms with Crippen LogP contribution in [0.15, 0.2) is 66.7 Å². The van der Waals surface area contributed by atoms with Crippen molar-refractivity contribution in [2.75, 3.05) is 72.5 Å². The second-order valence-corrected chi connectivity index (χ2v) is 12.0. The fourth-order valence-corrected chi connectivity index (χ4v) is 7.41. The molecule has 5 heteroatoms. The minimum atomic E-state index is 0.607. The summed E-state index contributed by atoms with van der Waals surface area (Å²) in [5.74, 6) is 0. The normalized spacial score (nSPS) is 17.7. The quantitative estimate of drug-likeness (QED) is 0.120. The summed E-state index contributed by atoms with van der Waals surface area (Å²) in [6.07, 6.45) is 3.37. The Balaban J connectivity index is 1.06. The highest BCUT2D eigenvalue weighted by Gasteiger charge is 2.21. The van der Waals surface area contributed by atoms with Crippen LogP contribution in [0.1, 0.15) is 18.4 Å². The van der Waals surface area contributed by atoms with Crippen LogP contribution in [-0.2, 0) is 25.4 Å². The van der Waals surface area contributed by atoms with Crippen LogP contribution in [0.2, 0.25) is 0 Å². The van der Waals surface area contributed by atoms with E-state index in [0.29, 0.717) is 39.6 Å². The van der Waals surface area contributed by atoms with E-state index in [0.717, 1.165) is 52.1 Å². The lowest BCUT2D eigenvalue weighted by Gasteiger charge is -2.23. The molecule has 1 aliphatic heterocycles. The molecule has 8 rings (SSSR count). The Morgan fingerprint density at radius 2 is 0.860 bits per heavy atom. The molecule has 7 aromatic rings. The van der Waals surface area contributed by atoms with Crippen LogP contribution in [0, 0.1) is 0 Å². The lowest BCUT2D eigenvalue weighted by molar-refractivity contribution is 0.00206. The molecule has 1 heterocycles. The molecule has 0 aliphatic carbocycles. The van der Waals surface area contributed by atoms with Crippen molar-refractivity contribution in [1.29, 1.82) is 0 Å². The zero-order chi connectivity index (χ0) is 28.6. The van der Waals surface area contributed by atoms with Crippen molar-refractivity contribution < 1.29 is 18.9 Å². The topological polar surface area (TPSA) is 40.2 Å². The van der Waals surface area contributed by atoms with Crippen LogP contribution >= 0.6 is 0 Å². The zero-order valence-corrected chi connectivity index (χ0v) is 24.8. The van der Waals surface area contributed by atoms with E-state index in [1.54, 1.807) is 0 Å². The highest BCUT2D eigenvalue weighted by molar-refractivity contribution is 6.44. The summed E-state index contributed by atoms with van der Waals surface area (Å²) >= 11 is 0. The molecule has 0 saturated carbocycles. The zero-order valence-electron chi connectivity index (χ0n) is 24.8. The Bertz CT molecular complexity index is 1890. The summed E-state index contributed by atoms with van der Waals surface area (Å²) in [6, 6.07) is 25.7. The van der Waals surface area contributed by atoms with Crippen LogP contribution in [0.5, 0.6) is 0 Å². The van der Waals surface area contributed by atoms with Gasteiger partial charge in [-0.25, -0.2) is 0 Å². The molecule has 5 nitrogen and oxygen atoms in total. The van der Waals surface area contributed by atoms with Gasteiger partial charge in [0.15, 0.2) is 0 Å². The molecule has 0 aromatic heterocycles. The van der Waals surface area contributed by atoms with Gasteiger partial charge in [0.05, 0.1) is 52.9 Å². The van der Waals surface area contributed by atoms with Gasteiger partial charge in [0.1, 0.15) is 0 Å². The maximum atomic E-state index is 5.84. The molecule has 0 amide bonds. The first-order valence-corrected chi connectivity index (χ1v) is 16.0. The summed E-state index contributed by atoms with van der Waals surface area (Å²) in [6.45, 7) is 8.04. The second-order valence-electron chi connectivity index (χ2n) is 12.0. The number of nitrogens with zero attached hydrogens (tertiary/aromatic N) is 1. The maximum absolute atomic E-state index is 5.84. The van der Waals surface area contributed by atoms with Gasteiger partial charge < -0.3 is 18.9 Å². The molecule has 43 heavy (non-hydrogen) atoms. The standard InChI is InChI=1S/C38H39NO4/c1(2-14-39-15-17-40-19-21-42-23-24-43-22-20-41-18-16-39)3-30-25-31-11-10-28-7-5-26-4-6-27-8-9-29-12-13-32(30)38-36(29)34(27)33(26)35(28)37(31)38/h4-13,25H,1-3,14-24H2. The lowest BCUT2D eigenvalue weighted by atomic mass is 9.81. The first-order chi connectivity index (χ1) is 21.4. The summed E-state index contributed by atoms with van der Waals surface area (Å²) in [4.78, 5) is 2.48. The highest BCUT2D eigenvalue weighted by atomic mass is 16.6. The average Bonchev–Trinajstić information content (AvgIpc) is 3.05. The van der Waals surface area contributed by atoms with Gasteiger partial charge in [-0.3, -0.25) is 4.90 Å². The van der Waals surface area contributed by atoms with Gasteiger partial charge in [0.25, 0.3) is 0 Å². The minimum Gasteiger partial charge on any atom is -0.378 e. The van der Waals surface area contributed by atoms with Crippen molar-refractivity contribution >= 4 is 64.6 Å². The van der Waals surface area contributed by atoms with E-state index >= 15 is 0 Å². The van der Waals surface area contributed by atoms with Crippen LogP contribution in [0.4, 0.5) is 0 Å². The van der Waals surface area contributed by atoms with Crippen LogP contribution in [-0.4, -0.2) is 77.4 Å². The molecule has 0 radical (unpaired) electrons. The number of hydrogen-bond donors (Lipinski definition) is 0. The molecule has 1 saturated heterocycles. The van der Waals surface area contributed by atoms with E-state index in [2.05, 4.69) is 71.6 Å². The van der Waals surface area contributed by atoms with Gasteiger partial charge in [0.2, 0.25) is 0 Å². The Morgan fingerprint density at radius 3 is 1.40 bits per heavy atom. The van der Waals surface area contributed by atoms with Crippen molar-refractivity contribution in [3.05, 3.63) is 72.3 Å². The minimum absolute atomic E-state index is 0.607. The largest absolute Gasteiger partial charge is 0.378 e. The number of unbranched alkanes of at least 4 members (excludes halogenated alkanes) is 1. The van der Waals surface area contributed by atoms with Crippen molar-refractivity contribution in [2.24, 2.45) is 0 Å². The van der Waals surface area contributed by atoms with Crippen LogP contribution in [0.3, 0.4) is 0 Å². The second kappa shape index (κ2) is 12.0. The molecule has 0 atom stereocenters. The monoisotopic (exact) mass is 573 g/mol. The van der Waals surface area contributed by atoms with E-state index in [-0.39, 0.29) is 0 Å². The lowest BCUT2D eigenvalue weighted by Crippen LogP contribution is -2.32. The number of hydrogen-bond acceptors (Lipinski definition) is 5. The van der Waals surface area contributed by atoms with Gasteiger partial charge >= 0.3 is 0 Å². The SMILES string of the molecule is c1cc2ccc3ccc4c(CCCCN5CCOCCOCCOCCOCC5)cc5ccc6ccc1c1c2c3c4c5c61. The first-order valence-electron chi connectivity index (χ1n) is 16.0. The smallest absolute Gasteiger partial charge is 0.0701 e. The number of ether oxygens (including phenoxy) is 4. The van der Waals surface area contributed by atoms with Crippen molar-refractivity contribution in [3.8, 4) is 0 Å². The summed E-state index contributed by atoms with van der Waals surface area (Å²) < 4.78 is 22.8. The van der Waals surface area contributed by atoms with Gasteiger partial charge in [-0.15, -0.1) is 0 Å². The van der Waals surface area contributed by atoms with Gasteiger partial charge in [-0.05, 0) is 96.0 Å². The Kier molecular flexibility index (Phi) is 7.60. The first kappa shape index (κ1) is 27.2. The van der Waals surface area contributed by atoms with Crippen molar-refractivity contribution in [2.45, 2.75) is 19.3 Å². The van der Waals surface area contributed by atoms with Crippen LogP contribution < -0.4 is 0 Å². The maximum Gasteiger partial charge on any atom is 0.0701 e. The molecule has 0 bridgehead atoms. The van der Waals surface area contributed by atoms with E-state index in [1.807, 2.05) is 0 Å². The predicted molar refractivity (Wildman–Crippen MR) is 178 cm³/mol. The molecule has 0 N–H and O–H groups in total. The molecule has 0 spiro atoms. The Labute approximate surface area is 252 Å². The summed E-state index contributed by atoms with van der Waals surface area (Å²) in [5.41, 5.74) is 1.47. The molecule has 0 unspecified atom stereocenters. The highest BCUT2D eigenvalue weighted by Crippen LogP contribution is 2.48. The summed E-state index contributed by atoms with van der Waals surface area (Å²) in [7, 11) is 0. The molecule has 7 aromatic carbocycles. The third-order valence-corrected chi connectivity index (χ3v) is 9.48.